The topological polar surface area (TPSA) is 93.4 Å². The fourth-order valence-electron chi connectivity index (χ4n) is 4.22. The minimum absolute atomic E-state index is 0.0535. The van der Waals surface area contributed by atoms with Crippen molar-refractivity contribution in [3.05, 3.63) is 11.8 Å². The maximum atomic E-state index is 13.0. The van der Waals surface area contributed by atoms with Gasteiger partial charge in [-0.05, 0) is 51.9 Å². The molecule has 7 nitrogen and oxygen atoms in total. The lowest BCUT2D eigenvalue weighted by atomic mass is 9.82. The molecule has 0 unspecified atom stereocenters. The summed E-state index contributed by atoms with van der Waals surface area (Å²) in [6.45, 7) is 6.56. The molecule has 1 aliphatic carbocycles. The van der Waals surface area contributed by atoms with Crippen LogP contribution < -0.4 is 11.1 Å². The molecule has 150 valence electrons. The van der Waals surface area contributed by atoms with Crippen LogP contribution in [0.4, 0.5) is 11.8 Å². The molecular weight excluding hydrogens is 342 g/mol. The Morgan fingerprint density at radius 1 is 1.30 bits per heavy atom. The van der Waals surface area contributed by atoms with E-state index in [4.69, 9.17) is 10.5 Å². The number of ether oxygens (including phenoxy) is 1. The highest BCUT2D eigenvalue weighted by atomic mass is 16.5. The highest BCUT2D eigenvalue weighted by Gasteiger charge is 2.36. The van der Waals surface area contributed by atoms with E-state index >= 15 is 0 Å². The standard InChI is InChI=1S/C20H33N5O2/c1-3-11-27-17-8-7-15(19(26)25-9-5-4-6-10-25)13-16(17)23-18-12-14(2)22-20(21)24-18/h12,15-17H,3-11,13H2,1-2H3,(H3,21,22,23,24)/t15-,16+,17+/m0/s1. The summed E-state index contributed by atoms with van der Waals surface area (Å²) in [6, 6.07) is 1.95. The monoisotopic (exact) mass is 375 g/mol. The number of piperidine rings is 1. The number of hydrogen-bond donors (Lipinski definition) is 2. The van der Waals surface area contributed by atoms with Crippen molar-refractivity contribution in [2.75, 3.05) is 30.7 Å². The molecule has 1 saturated heterocycles. The smallest absolute Gasteiger partial charge is 0.225 e. The number of rotatable bonds is 6. The highest BCUT2D eigenvalue weighted by Crippen LogP contribution is 2.31. The normalized spacial score (nSPS) is 26.0. The number of carbonyl (C=O) groups excluding carboxylic acids is 1. The summed E-state index contributed by atoms with van der Waals surface area (Å²) in [6.07, 6.45) is 7.12. The van der Waals surface area contributed by atoms with Crippen LogP contribution in [0.5, 0.6) is 0 Å². The molecule has 0 spiro atoms. The number of likely N-dealkylation sites (tertiary alicyclic amines) is 1. The number of nitrogens with two attached hydrogens (primary N) is 1. The largest absolute Gasteiger partial charge is 0.376 e. The summed E-state index contributed by atoms with van der Waals surface area (Å²) < 4.78 is 6.09. The summed E-state index contributed by atoms with van der Waals surface area (Å²) in [5.41, 5.74) is 6.62. The highest BCUT2D eigenvalue weighted by molar-refractivity contribution is 5.79. The zero-order chi connectivity index (χ0) is 19.2. The van der Waals surface area contributed by atoms with Gasteiger partial charge in [0.1, 0.15) is 5.82 Å². The van der Waals surface area contributed by atoms with Gasteiger partial charge in [-0.2, -0.15) is 4.98 Å². The Kier molecular flexibility index (Phi) is 6.88. The van der Waals surface area contributed by atoms with Crippen molar-refractivity contribution in [1.29, 1.82) is 0 Å². The second-order valence-electron chi connectivity index (χ2n) is 7.81. The van der Waals surface area contributed by atoms with Gasteiger partial charge in [-0.1, -0.05) is 6.92 Å². The van der Waals surface area contributed by atoms with Crippen molar-refractivity contribution < 1.29 is 9.53 Å². The number of hydrogen-bond acceptors (Lipinski definition) is 6. The summed E-state index contributed by atoms with van der Waals surface area (Å²) in [5, 5.41) is 3.48. The molecule has 1 amide bonds. The fourth-order valence-corrected chi connectivity index (χ4v) is 4.22. The first kappa shape index (κ1) is 19.9. The van der Waals surface area contributed by atoms with Crippen LogP contribution in [-0.4, -0.2) is 52.6 Å². The lowest BCUT2D eigenvalue weighted by Crippen LogP contribution is -2.47. The van der Waals surface area contributed by atoms with Crippen molar-refractivity contribution in [2.24, 2.45) is 5.92 Å². The molecule has 2 aliphatic rings. The summed E-state index contributed by atoms with van der Waals surface area (Å²) >= 11 is 0. The number of aryl methyl sites for hydroxylation is 1. The van der Waals surface area contributed by atoms with Crippen molar-refractivity contribution in [1.82, 2.24) is 14.9 Å². The molecule has 0 radical (unpaired) electrons. The van der Waals surface area contributed by atoms with Crippen LogP contribution in [0.2, 0.25) is 0 Å². The molecule has 3 rings (SSSR count). The first-order valence-electron chi connectivity index (χ1n) is 10.3. The maximum Gasteiger partial charge on any atom is 0.225 e. The van der Waals surface area contributed by atoms with Gasteiger partial charge in [-0.15, -0.1) is 0 Å². The predicted octanol–water partition coefficient (Wildman–Crippen LogP) is 2.76. The minimum Gasteiger partial charge on any atom is -0.376 e. The number of aromatic nitrogens is 2. The third kappa shape index (κ3) is 5.31. The Morgan fingerprint density at radius 3 is 2.78 bits per heavy atom. The number of carbonyl (C=O) groups is 1. The first-order chi connectivity index (χ1) is 13.1. The van der Waals surface area contributed by atoms with E-state index in [9.17, 15) is 4.79 Å². The molecule has 27 heavy (non-hydrogen) atoms. The van der Waals surface area contributed by atoms with Gasteiger partial charge >= 0.3 is 0 Å². The number of anilines is 2. The molecule has 2 heterocycles. The molecule has 2 fully saturated rings. The third-order valence-corrected chi connectivity index (χ3v) is 5.54. The molecule has 0 aromatic carbocycles. The van der Waals surface area contributed by atoms with Gasteiger partial charge in [0, 0.05) is 37.4 Å². The van der Waals surface area contributed by atoms with E-state index in [1.165, 1.54) is 6.42 Å². The van der Waals surface area contributed by atoms with E-state index < -0.39 is 0 Å². The van der Waals surface area contributed by atoms with Crippen molar-refractivity contribution in [3.63, 3.8) is 0 Å². The number of nitrogens with zero attached hydrogens (tertiary/aromatic N) is 3. The predicted molar refractivity (Wildman–Crippen MR) is 106 cm³/mol. The number of nitrogen functional groups attached to an aromatic ring is 1. The van der Waals surface area contributed by atoms with Gasteiger partial charge in [-0.25, -0.2) is 4.98 Å². The van der Waals surface area contributed by atoms with Crippen LogP contribution in [0.1, 0.15) is 57.6 Å². The summed E-state index contributed by atoms with van der Waals surface area (Å²) in [5.74, 6) is 1.35. The van der Waals surface area contributed by atoms with Gasteiger partial charge in [0.05, 0.1) is 12.1 Å². The Morgan fingerprint density at radius 2 is 2.07 bits per heavy atom. The van der Waals surface area contributed by atoms with Crippen molar-refractivity contribution in [2.45, 2.75) is 70.9 Å². The lowest BCUT2D eigenvalue weighted by Gasteiger charge is -2.38. The Labute approximate surface area is 162 Å². The Hall–Kier alpha value is -1.89. The maximum absolute atomic E-state index is 13.0. The van der Waals surface area contributed by atoms with Gasteiger partial charge in [-0.3, -0.25) is 4.79 Å². The van der Waals surface area contributed by atoms with Crippen LogP contribution >= 0.6 is 0 Å². The second kappa shape index (κ2) is 9.35. The van der Waals surface area contributed by atoms with Gasteiger partial charge < -0.3 is 20.7 Å². The van der Waals surface area contributed by atoms with Crippen LogP contribution in [-0.2, 0) is 9.53 Å². The molecule has 7 heteroatoms. The van der Waals surface area contributed by atoms with E-state index in [-0.39, 0.29) is 24.0 Å². The molecule has 3 atom stereocenters. The van der Waals surface area contributed by atoms with Crippen LogP contribution in [0.25, 0.3) is 0 Å². The number of nitrogens with one attached hydrogen (secondary N) is 1. The van der Waals surface area contributed by atoms with Crippen LogP contribution in [0.15, 0.2) is 6.07 Å². The zero-order valence-electron chi connectivity index (χ0n) is 16.6. The van der Waals surface area contributed by atoms with Crippen LogP contribution in [0, 0.1) is 12.8 Å². The van der Waals surface area contributed by atoms with E-state index in [2.05, 4.69) is 27.1 Å². The van der Waals surface area contributed by atoms with E-state index in [0.29, 0.717) is 11.7 Å². The minimum atomic E-state index is 0.0535. The third-order valence-electron chi connectivity index (χ3n) is 5.54. The molecule has 0 bridgehead atoms. The molecule has 3 N–H and O–H groups in total. The summed E-state index contributed by atoms with van der Waals surface area (Å²) in [7, 11) is 0. The molecule has 1 aromatic rings. The van der Waals surface area contributed by atoms with Gasteiger partial charge in [0.2, 0.25) is 11.9 Å². The van der Waals surface area contributed by atoms with Crippen LogP contribution in [0.3, 0.4) is 0 Å². The Balaban J connectivity index is 1.69. The number of amides is 1. The Bertz CT molecular complexity index is 613. The molecule has 1 aliphatic heterocycles. The van der Waals surface area contributed by atoms with Crippen molar-refractivity contribution >= 4 is 17.7 Å². The molecular formula is C20H33N5O2. The molecule has 1 aromatic heterocycles. The second-order valence-corrected chi connectivity index (χ2v) is 7.81. The van der Waals surface area contributed by atoms with E-state index in [1.807, 2.05) is 13.0 Å². The van der Waals surface area contributed by atoms with Gasteiger partial charge in [0.25, 0.3) is 0 Å². The van der Waals surface area contributed by atoms with Gasteiger partial charge in [0.15, 0.2) is 0 Å². The quantitative estimate of drug-likeness (QED) is 0.794. The average Bonchev–Trinajstić information content (AvgIpc) is 2.66. The summed E-state index contributed by atoms with van der Waals surface area (Å²) in [4.78, 5) is 23.5. The zero-order valence-corrected chi connectivity index (χ0v) is 16.6. The fraction of sp³-hybridized carbons (Fsp3) is 0.750. The van der Waals surface area contributed by atoms with Crippen molar-refractivity contribution in [3.8, 4) is 0 Å². The molecule has 1 saturated carbocycles. The SMILES string of the molecule is CCCO[C@@H]1CC[C@H](C(=O)N2CCCCC2)C[C@H]1Nc1cc(C)nc(N)n1. The van der Waals surface area contributed by atoms with E-state index in [0.717, 1.165) is 63.9 Å². The average molecular weight is 376 g/mol. The lowest BCUT2D eigenvalue weighted by molar-refractivity contribution is -0.138. The first-order valence-corrected chi connectivity index (χ1v) is 10.3. The van der Waals surface area contributed by atoms with E-state index in [1.54, 1.807) is 0 Å².